The van der Waals surface area contributed by atoms with Crippen molar-refractivity contribution in [2.24, 2.45) is 0 Å². The maximum Gasteiger partial charge on any atom is 0.250 e. The second-order valence-corrected chi connectivity index (χ2v) is 10.1. The van der Waals surface area contributed by atoms with Crippen LogP contribution in [-0.4, -0.2) is 19.9 Å². The van der Waals surface area contributed by atoms with Crippen LogP contribution >= 0.6 is 22.9 Å². The van der Waals surface area contributed by atoms with E-state index in [1.165, 1.54) is 16.9 Å². The molecule has 0 aliphatic heterocycles. The Bertz CT molecular complexity index is 1020. The molecule has 1 aromatic carbocycles. The summed E-state index contributed by atoms with van der Waals surface area (Å²) in [5, 5.41) is 1.80. The van der Waals surface area contributed by atoms with Crippen molar-refractivity contribution in [2.75, 3.05) is 6.54 Å². The first-order chi connectivity index (χ1) is 11.4. The molecule has 0 bridgehead atoms. The zero-order chi connectivity index (χ0) is 16.9. The lowest BCUT2D eigenvalue weighted by atomic mass is 9.96. The van der Waals surface area contributed by atoms with E-state index >= 15 is 0 Å². The van der Waals surface area contributed by atoms with Gasteiger partial charge in [-0.25, -0.2) is 13.1 Å². The average molecular weight is 381 g/mol. The molecule has 3 aromatic rings. The van der Waals surface area contributed by atoms with Crippen LogP contribution in [-0.2, 0) is 15.4 Å². The molecule has 0 radical (unpaired) electrons. The van der Waals surface area contributed by atoms with Crippen molar-refractivity contribution >= 4 is 43.9 Å². The Morgan fingerprint density at radius 1 is 1.29 bits per heavy atom. The van der Waals surface area contributed by atoms with Crippen molar-refractivity contribution in [3.63, 3.8) is 0 Å². The van der Waals surface area contributed by atoms with Gasteiger partial charge in [0.15, 0.2) is 0 Å². The fourth-order valence-electron chi connectivity index (χ4n) is 3.09. The van der Waals surface area contributed by atoms with Gasteiger partial charge in [0.2, 0.25) is 10.0 Å². The minimum atomic E-state index is -3.45. The number of H-pyrrole nitrogens is 1. The van der Waals surface area contributed by atoms with Gasteiger partial charge in [0.05, 0.1) is 0 Å². The molecule has 0 spiro atoms. The Balaban J connectivity index is 1.60. The molecule has 126 valence electrons. The number of rotatable bonds is 5. The van der Waals surface area contributed by atoms with Gasteiger partial charge in [-0.2, -0.15) is 0 Å². The third kappa shape index (κ3) is 2.77. The SMILES string of the molecule is Cc1ccc(S(=O)(=O)NCC2(c3c[nH]c4cc(Cl)ccc34)CC2)s1. The maximum absolute atomic E-state index is 12.5. The van der Waals surface area contributed by atoms with Crippen LogP contribution < -0.4 is 4.72 Å². The van der Waals surface area contributed by atoms with Crippen LogP contribution in [0.25, 0.3) is 10.9 Å². The van der Waals surface area contributed by atoms with Gasteiger partial charge in [0, 0.05) is 39.0 Å². The molecule has 1 aliphatic carbocycles. The summed E-state index contributed by atoms with van der Waals surface area (Å²) >= 11 is 7.33. The lowest BCUT2D eigenvalue weighted by molar-refractivity contribution is 0.569. The topological polar surface area (TPSA) is 62.0 Å². The van der Waals surface area contributed by atoms with Crippen LogP contribution in [0.3, 0.4) is 0 Å². The number of aromatic nitrogens is 1. The van der Waals surface area contributed by atoms with Gasteiger partial charge in [-0.15, -0.1) is 11.3 Å². The quantitative estimate of drug-likeness (QED) is 0.696. The fourth-order valence-corrected chi connectivity index (χ4v) is 5.72. The molecule has 4 nitrogen and oxygen atoms in total. The van der Waals surface area contributed by atoms with Crippen molar-refractivity contribution < 1.29 is 8.42 Å². The number of nitrogens with one attached hydrogen (secondary N) is 2. The van der Waals surface area contributed by atoms with E-state index in [4.69, 9.17) is 11.6 Å². The molecule has 24 heavy (non-hydrogen) atoms. The molecule has 1 saturated carbocycles. The van der Waals surface area contributed by atoms with Crippen LogP contribution in [0.5, 0.6) is 0 Å². The summed E-state index contributed by atoms with van der Waals surface area (Å²) in [5.74, 6) is 0. The number of fused-ring (bicyclic) bond motifs is 1. The molecular formula is C17H17ClN2O2S2. The predicted octanol–water partition coefficient (Wildman–Crippen LogP) is 4.20. The number of aryl methyl sites for hydroxylation is 1. The molecule has 0 saturated heterocycles. The number of sulfonamides is 1. The number of halogens is 1. The zero-order valence-electron chi connectivity index (χ0n) is 13.1. The van der Waals surface area contributed by atoms with E-state index in [-0.39, 0.29) is 5.41 Å². The summed E-state index contributed by atoms with van der Waals surface area (Å²) in [4.78, 5) is 4.24. The van der Waals surface area contributed by atoms with Gasteiger partial charge in [0.25, 0.3) is 0 Å². The molecule has 4 rings (SSSR count). The Kier molecular flexibility index (Phi) is 3.76. The number of hydrogen-bond donors (Lipinski definition) is 2. The molecule has 0 amide bonds. The summed E-state index contributed by atoms with van der Waals surface area (Å²) in [6, 6.07) is 9.26. The first kappa shape index (κ1) is 16.1. The molecule has 1 aliphatic rings. The third-order valence-electron chi connectivity index (χ3n) is 4.65. The van der Waals surface area contributed by atoms with E-state index < -0.39 is 10.0 Å². The lowest BCUT2D eigenvalue weighted by Gasteiger charge is -2.15. The smallest absolute Gasteiger partial charge is 0.250 e. The number of hydrogen-bond acceptors (Lipinski definition) is 3. The van der Waals surface area contributed by atoms with Crippen molar-refractivity contribution in [3.05, 3.63) is 52.0 Å². The number of thiophene rings is 1. The first-order valence-electron chi connectivity index (χ1n) is 7.73. The molecular weight excluding hydrogens is 364 g/mol. The van der Waals surface area contributed by atoms with Crippen molar-refractivity contribution in [3.8, 4) is 0 Å². The van der Waals surface area contributed by atoms with Gasteiger partial charge in [0.1, 0.15) is 4.21 Å². The van der Waals surface area contributed by atoms with Gasteiger partial charge in [-0.1, -0.05) is 17.7 Å². The summed E-state index contributed by atoms with van der Waals surface area (Å²) in [7, 11) is -3.45. The van der Waals surface area contributed by atoms with Crippen LogP contribution in [0.2, 0.25) is 5.02 Å². The Morgan fingerprint density at radius 3 is 2.75 bits per heavy atom. The van der Waals surface area contributed by atoms with E-state index in [1.807, 2.05) is 37.4 Å². The highest BCUT2D eigenvalue weighted by atomic mass is 35.5. The van der Waals surface area contributed by atoms with Gasteiger partial charge < -0.3 is 4.98 Å². The summed E-state index contributed by atoms with van der Waals surface area (Å²) in [6.45, 7) is 2.32. The molecule has 1 fully saturated rings. The summed E-state index contributed by atoms with van der Waals surface area (Å²) < 4.78 is 28.1. The van der Waals surface area contributed by atoms with E-state index in [0.717, 1.165) is 28.6 Å². The number of aromatic amines is 1. The van der Waals surface area contributed by atoms with E-state index in [0.29, 0.717) is 15.8 Å². The van der Waals surface area contributed by atoms with E-state index in [1.54, 1.807) is 6.07 Å². The van der Waals surface area contributed by atoms with Crippen molar-refractivity contribution in [1.29, 1.82) is 0 Å². The third-order valence-corrected chi connectivity index (χ3v) is 7.78. The monoisotopic (exact) mass is 380 g/mol. The molecule has 7 heteroatoms. The predicted molar refractivity (Wildman–Crippen MR) is 98.5 cm³/mol. The van der Waals surface area contributed by atoms with Crippen molar-refractivity contribution in [2.45, 2.75) is 29.4 Å². The van der Waals surface area contributed by atoms with Crippen LogP contribution in [0, 0.1) is 6.92 Å². The van der Waals surface area contributed by atoms with Gasteiger partial charge in [-0.3, -0.25) is 0 Å². The Morgan fingerprint density at radius 2 is 2.08 bits per heavy atom. The molecule has 0 atom stereocenters. The highest BCUT2D eigenvalue weighted by molar-refractivity contribution is 7.91. The molecule has 2 aromatic heterocycles. The fraction of sp³-hybridized carbons (Fsp3) is 0.294. The first-order valence-corrected chi connectivity index (χ1v) is 10.4. The highest BCUT2D eigenvalue weighted by Crippen LogP contribution is 2.50. The van der Waals surface area contributed by atoms with E-state index in [9.17, 15) is 8.42 Å². The van der Waals surface area contributed by atoms with Gasteiger partial charge in [-0.05, 0) is 49.6 Å². The Labute approximate surface area is 149 Å². The minimum Gasteiger partial charge on any atom is -0.361 e. The van der Waals surface area contributed by atoms with Gasteiger partial charge >= 0.3 is 0 Å². The van der Waals surface area contributed by atoms with Crippen LogP contribution in [0.4, 0.5) is 0 Å². The van der Waals surface area contributed by atoms with Crippen molar-refractivity contribution in [1.82, 2.24) is 9.71 Å². The second kappa shape index (κ2) is 5.59. The molecule has 2 heterocycles. The minimum absolute atomic E-state index is 0.120. The van der Waals surface area contributed by atoms with Crippen LogP contribution in [0.15, 0.2) is 40.7 Å². The molecule has 2 N–H and O–H groups in total. The summed E-state index contributed by atoms with van der Waals surface area (Å²) in [5.41, 5.74) is 2.03. The normalized spacial score (nSPS) is 16.6. The molecule has 0 unspecified atom stereocenters. The lowest BCUT2D eigenvalue weighted by Crippen LogP contribution is -2.31. The Hall–Kier alpha value is -1.34. The maximum atomic E-state index is 12.5. The standard InChI is InChI=1S/C17H17ClN2O2S2/c1-11-2-5-16(23-11)24(21,22)20-10-17(6-7-17)14-9-19-15-8-12(18)3-4-13(14)15/h2-5,8-9,19-20H,6-7,10H2,1H3. The summed E-state index contributed by atoms with van der Waals surface area (Å²) in [6.07, 6.45) is 3.95. The largest absolute Gasteiger partial charge is 0.361 e. The number of benzene rings is 1. The average Bonchev–Trinajstić information content (AvgIpc) is 2.98. The second-order valence-electron chi connectivity index (χ2n) is 6.36. The van der Waals surface area contributed by atoms with E-state index in [2.05, 4.69) is 9.71 Å². The van der Waals surface area contributed by atoms with Crippen LogP contribution in [0.1, 0.15) is 23.3 Å². The highest BCUT2D eigenvalue weighted by Gasteiger charge is 2.46. The zero-order valence-corrected chi connectivity index (χ0v) is 15.5.